The monoisotopic (exact) mass is 213 g/mol. The molecule has 1 aromatic carbocycles. The van der Waals surface area contributed by atoms with Crippen molar-refractivity contribution < 1.29 is 0 Å². The van der Waals surface area contributed by atoms with Crippen LogP contribution >= 0.6 is 0 Å². The predicted octanol–water partition coefficient (Wildman–Crippen LogP) is 0.397. The van der Waals surface area contributed by atoms with Crippen LogP contribution in [0.5, 0.6) is 0 Å². The summed E-state index contributed by atoms with van der Waals surface area (Å²) in [5.41, 5.74) is -0.832. The van der Waals surface area contributed by atoms with Crippen molar-refractivity contribution in [2.75, 3.05) is 0 Å². The van der Waals surface area contributed by atoms with Gasteiger partial charge < -0.3 is 4.98 Å². The first-order valence-electron chi connectivity index (χ1n) is 4.54. The Morgan fingerprint density at radius 1 is 1.19 bits per heavy atom. The van der Waals surface area contributed by atoms with Crippen molar-refractivity contribution in [3.8, 4) is 11.8 Å². The standard InChI is InChI=1S/C11H7N3O2/c12-6-8-7-13-11(16)14(10(8)15)9-4-2-1-3-5-9/h1-5,7H,(H,13,16). The summed E-state index contributed by atoms with van der Waals surface area (Å²) in [5.74, 6) is 0. The quantitative estimate of drug-likeness (QED) is 0.744. The van der Waals surface area contributed by atoms with Gasteiger partial charge in [0.1, 0.15) is 11.6 Å². The van der Waals surface area contributed by atoms with Gasteiger partial charge in [-0.1, -0.05) is 18.2 Å². The van der Waals surface area contributed by atoms with E-state index in [1.807, 2.05) is 0 Å². The van der Waals surface area contributed by atoms with Crippen molar-refractivity contribution in [2.45, 2.75) is 0 Å². The van der Waals surface area contributed by atoms with E-state index in [1.54, 1.807) is 36.4 Å². The number of nitriles is 1. The summed E-state index contributed by atoms with van der Waals surface area (Å²) in [5, 5.41) is 8.70. The third-order valence-electron chi connectivity index (χ3n) is 2.11. The fourth-order valence-electron chi connectivity index (χ4n) is 1.36. The summed E-state index contributed by atoms with van der Waals surface area (Å²) in [6, 6.07) is 10.2. The molecule has 0 aliphatic rings. The van der Waals surface area contributed by atoms with Gasteiger partial charge in [0.25, 0.3) is 5.56 Å². The molecule has 0 atom stereocenters. The SMILES string of the molecule is N#Cc1c[nH]c(=O)n(-c2ccccc2)c1=O. The highest BCUT2D eigenvalue weighted by Gasteiger charge is 2.07. The van der Waals surface area contributed by atoms with Crippen LogP contribution in [-0.2, 0) is 0 Å². The van der Waals surface area contributed by atoms with Crippen molar-refractivity contribution in [3.63, 3.8) is 0 Å². The topological polar surface area (TPSA) is 78.7 Å². The molecule has 16 heavy (non-hydrogen) atoms. The van der Waals surface area contributed by atoms with E-state index in [-0.39, 0.29) is 5.56 Å². The van der Waals surface area contributed by atoms with Gasteiger partial charge in [-0.15, -0.1) is 0 Å². The number of aromatic nitrogens is 2. The Kier molecular flexibility index (Phi) is 2.40. The van der Waals surface area contributed by atoms with Crippen LogP contribution in [0.1, 0.15) is 5.56 Å². The fraction of sp³-hybridized carbons (Fsp3) is 0. The molecule has 2 aromatic rings. The molecule has 0 unspecified atom stereocenters. The third-order valence-corrected chi connectivity index (χ3v) is 2.11. The van der Waals surface area contributed by atoms with Crippen molar-refractivity contribution in [3.05, 3.63) is 62.9 Å². The zero-order valence-electron chi connectivity index (χ0n) is 8.18. The first-order valence-corrected chi connectivity index (χ1v) is 4.54. The van der Waals surface area contributed by atoms with Crippen LogP contribution in [0.2, 0.25) is 0 Å². The minimum absolute atomic E-state index is 0.0940. The smallest absolute Gasteiger partial charge is 0.312 e. The first kappa shape index (κ1) is 9.93. The van der Waals surface area contributed by atoms with Crippen LogP contribution in [0.4, 0.5) is 0 Å². The van der Waals surface area contributed by atoms with Gasteiger partial charge in [0.05, 0.1) is 5.69 Å². The van der Waals surface area contributed by atoms with E-state index in [0.29, 0.717) is 5.69 Å². The number of rotatable bonds is 1. The predicted molar refractivity (Wildman–Crippen MR) is 57.4 cm³/mol. The van der Waals surface area contributed by atoms with Crippen molar-refractivity contribution in [2.24, 2.45) is 0 Å². The fourth-order valence-corrected chi connectivity index (χ4v) is 1.36. The highest BCUT2D eigenvalue weighted by Crippen LogP contribution is 2.00. The Morgan fingerprint density at radius 3 is 2.50 bits per heavy atom. The molecule has 1 N–H and O–H groups in total. The molecule has 1 heterocycles. The average molecular weight is 213 g/mol. The Balaban J connectivity index is 2.81. The van der Waals surface area contributed by atoms with Crippen molar-refractivity contribution >= 4 is 0 Å². The summed E-state index contributed by atoms with van der Waals surface area (Å²) in [6.07, 6.45) is 1.12. The van der Waals surface area contributed by atoms with Crippen LogP contribution in [0.3, 0.4) is 0 Å². The van der Waals surface area contributed by atoms with Crippen LogP contribution < -0.4 is 11.2 Å². The zero-order valence-corrected chi connectivity index (χ0v) is 8.18. The summed E-state index contributed by atoms with van der Waals surface area (Å²) >= 11 is 0. The van der Waals surface area contributed by atoms with E-state index in [9.17, 15) is 9.59 Å². The summed E-state index contributed by atoms with van der Waals surface area (Å²) in [6.45, 7) is 0. The first-order chi connectivity index (χ1) is 7.74. The lowest BCUT2D eigenvalue weighted by atomic mass is 10.3. The largest absolute Gasteiger partial charge is 0.333 e. The molecule has 5 nitrogen and oxygen atoms in total. The van der Waals surface area contributed by atoms with Gasteiger partial charge in [0, 0.05) is 6.20 Å². The number of nitrogens with one attached hydrogen (secondary N) is 1. The van der Waals surface area contributed by atoms with Gasteiger partial charge >= 0.3 is 5.69 Å². The maximum absolute atomic E-state index is 11.7. The van der Waals surface area contributed by atoms with E-state index in [4.69, 9.17) is 5.26 Å². The van der Waals surface area contributed by atoms with Crippen LogP contribution in [0, 0.1) is 11.3 Å². The second-order valence-corrected chi connectivity index (χ2v) is 3.10. The van der Waals surface area contributed by atoms with Crippen molar-refractivity contribution in [1.29, 1.82) is 5.26 Å². The molecule has 0 amide bonds. The highest BCUT2D eigenvalue weighted by molar-refractivity contribution is 5.33. The number of para-hydroxylation sites is 1. The number of benzene rings is 1. The molecular formula is C11H7N3O2. The molecule has 0 fully saturated rings. The van der Waals surface area contributed by atoms with Gasteiger partial charge in [0.15, 0.2) is 0 Å². The molecule has 0 saturated heterocycles. The second kappa shape index (κ2) is 3.87. The van der Waals surface area contributed by atoms with E-state index in [0.717, 1.165) is 10.8 Å². The average Bonchev–Trinajstić information content (AvgIpc) is 2.31. The molecule has 0 bridgehead atoms. The Morgan fingerprint density at radius 2 is 1.88 bits per heavy atom. The van der Waals surface area contributed by atoms with Crippen LogP contribution in [0.25, 0.3) is 5.69 Å². The molecule has 0 saturated carbocycles. The number of hydrogen-bond acceptors (Lipinski definition) is 3. The lowest BCUT2D eigenvalue weighted by molar-refractivity contribution is 0.869. The molecule has 0 radical (unpaired) electrons. The van der Waals surface area contributed by atoms with Gasteiger partial charge in [-0.25, -0.2) is 9.36 Å². The van der Waals surface area contributed by atoms with E-state index >= 15 is 0 Å². The number of hydrogen-bond donors (Lipinski definition) is 1. The lowest BCUT2D eigenvalue weighted by Crippen LogP contribution is -2.34. The molecular weight excluding hydrogens is 206 g/mol. The minimum Gasteiger partial charge on any atom is -0.312 e. The van der Waals surface area contributed by atoms with E-state index in [2.05, 4.69) is 4.98 Å². The number of nitrogens with zero attached hydrogens (tertiary/aromatic N) is 2. The summed E-state index contributed by atoms with van der Waals surface area (Å²) in [7, 11) is 0. The molecule has 5 heteroatoms. The molecule has 78 valence electrons. The second-order valence-electron chi connectivity index (χ2n) is 3.10. The van der Waals surface area contributed by atoms with E-state index < -0.39 is 11.2 Å². The van der Waals surface area contributed by atoms with Gasteiger partial charge in [-0.2, -0.15) is 5.26 Å². The van der Waals surface area contributed by atoms with Crippen molar-refractivity contribution in [1.82, 2.24) is 9.55 Å². The molecule has 0 aliphatic heterocycles. The van der Waals surface area contributed by atoms with Crippen LogP contribution in [-0.4, -0.2) is 9.55 Å². The highest BCUT2D eigenvalue weighted by atomic mass is 16.2. The molecule has 0 spiro atoms. The summed E-state index contributed by atoms with van der Waals surface area (Å²) in [4.78, 5) is 25.6. The minimum atomic E-state index is -0.613. The lowest BCUT2D eigenvalue weighted by Gasteiger charge is -2.03. The molecule has 2 rings (SSSR count). The Bertz CT molecular complexity index is 662. The Labute approximate surface area is 90.2 Å². The molecule has 1 aromatic heterocycles. The normalized spacial score (nSPS) is 9.69. The van der Waals surface area contributed by atoms with Gasteiger partial charge in [0.2, 0.25) is 0 Å². The van der Waals surface area contributed by atoms with E-state index in [1.165, 1.54) is 0 Å². The number of aromatic amines is 1. The zero-order chi connectivity index (χ0) is 11.5. The Hall–Kier alpha value is -2.61. The number of H-pyrrole nitrogens is 1. The summed E-state index contributed by atoms with van der Waals surface area (Å²) < 4.78 is 0.929. The van der Waals surface area contributed by atoms with Gasteiger partial charge in [-0.3, -0.25) is 4.79 Å². The molecule has 0 aliphatic carbocycles. The maximum Gasteiger partial charge on any atom is 0.333 e. The third kappa shape index (κ3) is 1.53. The van der Waals surface area contributed by atoms with Gasteiger partial charge in [-0.05, 0) is 12.1 Å². The van der Waals surface area contributed by atoms with Crippen LogP contribution in [0.15, 0.2) is 46.1 Å². The maximum atomic E-state index is 11.7.